The van der Waals surface area contributed by atoms with Gasteiger partial charge >= 0.3 is 5.97 Å². The molecule has 0 atom stereocenters. The zero-order chi connectivity index (χ0) is 21.4. The number of imidazole rings is 1. The van der Waals surface area contributed by atoms with Crippen molar-refractivity contribution in [3.63, 3.8) is 0 Å². The van der Waals surface area contributed by atoms with Crippen molar-refractivity contribution in [3.8, 4) is 22.9 Å². The smallest absolute Gasteiger partial charge is 0.336 e. The van der Waals surface area contributed by atoms with Gasteiger partial charge in [0.25, 0.3) is 6.01 Å². The zero-order valence-electron chi connectivity index (χ0n) is 16.6. The van der Waals surface area contributed by atoms with E-state index in [-0.39, 0.29) is 17.5 Å². The molecular formula is C22H19ClN4O3. The number of fused-ring (bicyclic) bond motifs is 1. The van der Waals surface area contributed by atoms with E-state index in [9.17, 15) is 9.90 Å². The van der Waals surface area contributed by atoms with Crippen molar-refractivity contribution in [2.75, 3.05) is 0 Å². The molecule has 4 rings (SSSR count). The van der Waals surface area contributed by atoms with Gasteiger partial charge in [-0.3, -0.25) is 0 Å². The highest BCUT2D eigenvalue weighted by atomic mass is 35.5. The Morgan fingerprint density at radius 3 is 2.57 bits per heavy atom. The molecule has 0 fully saturated rings. The number of halogens is 1. The Morgan fingerprint density at radius 1 is 1.17 bits per heavy atom. The number of carboxylic acid groups (broad SMARTS) is 1. The number of ether oxygens (including phenoxy) is 1. The molecule has 0 spiro atoms. The van der Waals surface area contributed by atoms with E-state index < -0.39 is 5.97 Å². The average molecular weight is 423 g/mol. The number of carbonyl (C=O) groups is 1. The number of nitrogens with one attached hydrogen (secondary N) is 1. The van der Waals surface area contributed by atoms with Crippen LogP contribution in [0.1, 0.15) is 41.5 Å². The predicted molar refractivity (Wildman–Crippen MR) is 114 cm³/mol. The Morgan fingerprint density at radius 2 is 1.90 bits per heavy atom. The predicted octanol–water partition coefficient (Wildman–Crippen LogP) is 5.60. The minimum absolute atomic E-state index is 0.179. The lowest BCUT2D eigenvalue weighted by molar-refractivity contribution is 0.0695. The van der Waals surface area contributed by atoms with Crippen molar-refractivity contribution in [1.82, 2.24) is 19.9 Å². The summed E-state index contributed by atoms with van der Waals surface area (Å²) in [4.78, 5) is 27.6. The molecule has 0 amide bonds. The Bertz CT molecular complexity index is 1250. The van der Waals surface area contributed by atoms with Crippen LogP contribution in [0.3, 0.4) is 0 Å². The fraction of sp³-hybridized carbons (Fsp3) is 0.182. The van der Waals surface area contributed by atoms with E-state index in [0.717, 1.165) is 17.0 Å². The van der Waals surface area contributed by atoms with E-state index in [1.54, 1.807) is 37.5 Å². The van der Waals surface area contributed by atoms with Crippen molar-refractivity contribution < 1.29 is 14.6 Å². The monoisotopic (exact) mass is 422 g/mol. The highest BCUT2D eigenvalue weighted by molar-refractivity contribution is 6.34. The first kappa shape index (κ1) is 19.8. The molecule has 0 aliphatic heterocycles. The number of benzene rings is 2. The quantitative estimate of drug-likeness (QED) is 0.434. The van der Waals surface area contributed by atoms with Crippen molar-refractivity contribution in [2.24, 2.45) is 0 Å². The minimum Gasteiger partial charge on any atom is -0.478 e. The Balaban J connectivity index is 1.67. The summed E-state index contributed by atoms with van der Waals surface area (Å²) in [6.07, 6.45) is 3.50. The standard InChI is InChI=1S/C22H19ClN4O3/c1-11(2)20-24-9-13(10-25-20)16-7-18-19(8-17(16)23)27-22(26-18)30-14-5-4-12(3)15(6-14)21(28)29/h4-11H,1-3H3,(H,26,27)(H,28,29). The van der Waals surface area contributed by atoms with Crippen LogP contribution in [0, 0.1) is 6.92 Å². The highest BCUT2D eigenvalue weighted by Gasteiger charge is 2.14. The number of aromatic carboxylic acids is 1. The van der Waals surface area contributed by atoms with Crippen LogP contribution in [0.25, 0.3) is 22.2 Å². The van der Waals surface area contributed by atoms with Crippen LogP contribution in [0.2, 0.25) is 5.02 Å². The first-order valence-electron chi connectivity index (χ1n) is 9.35. The number of carboxylic acids is 1. The molecule has 7 nitrogen and oxygen atoms in total. The van der Waals surface area contributed by atoms with Gasteiger partial charge in [-0.05, 0) is 36.8 Å². The van der Waals surface area contributed by atoms with Gasteiger partial charge < -0.3 is 14.8 Å². The van der Waals surface area contributed by atoms with Gasteiger partial charge in [-0.1, -0.05) is 31.5 Å². The summed E-state index contributed by atoms with van der Waals surface area (Å²) >= 11 is 6.47. The lowest BCUT2D eigenvalue weighted by atomic mass is 10.1. The number of aromatic amines is 1. The molecule has 0 aliphatic rings. The van der Waals surface area contributed by atoms with Gasteiger partial charge in [0, 0.05) is 29.4 Å². The summed E-state index contributed by atoms with van der Waals surface area (Å²) in [5, 5.41) is 9.81. The molecule has 0 bridgehead atoms. The third-order valence-electron chi connectivity index (χ3n) is 4.70. The van der Waals surface area contributed by atoms with E-state index in [1.165, 1.54) is 6.07 Å². The van der Waals surface area contributed by atoms with Crippen LogP contribution in [0.4, 0.5) is 0 Å². The molecule has 2 heterocycles. The molecule has 30 heavy (non-hydrogen) atoms. The summed E-state index contributed by atoms with van der Waals surface area (Å²) in [5.41, 5.74) is 3.75. The van der Waals surface area contributed by atoms with Crippen LogP contribution in [-0.4, -0.2) is 31.0 Å². The normalized spacial score (nSPS) is 11.2. The largest absolute Gasteiger partial charge is 0.478 e. The second-order valence-corrected chi connectivity index (χ2v) is 7.67. The van der Waals surface area contributed by atoms with Crippen molar-refractivity contribution in [3.05, 3.63) is 64.7 Å². The average Bonchev–Trinajstić information content (AvgIpc) is 3.09. The molecule has 0 radical (unpaired) electrons. The molecule has 152 valence electrons. The van der Waals surface area contributed by atoms with Gasteiger partial charge in [-0.2, -0.15) is 4.98 Å². The van der Waals surface area contributed by atoms with Crippen LogP contribution >= 0.6 is 11.6 Å². The van der Waals surface area contributed by atoms with E-state index in [1.807, 2.05) is 19.9 Å². The molecule has 8 heteroatoms. The maximum atomic E-state index is 11.3. The van der Waals surface area contributed by atoms with Gasteiger partial charge in [-0.15, -0.1) is 0 Å². The SMILES string of the molecule is Cc1ccc(Oc2nc3cc(-c4cnc(C(C)C)nc4)c(Cl)cc3[nH]2)cc1C(=O)O. The van der Waals surface area contributed by atoms with Crippen molar-refractivity contribution >= 4 is 28.6 Å². The minimum atomic E-state index is -1.01. The highest BCUT2D eigenvalue weighted by Crippen LogP contribution is 2.33. The molecule has 0 aliphatic carbocycles. The topological polar surface area (TPSA) is 101 Å². The first-order valence-corrected chi connectivity index (χ1v) is 9.73. The summed E-state index contributed by atoms with van der Waals surface area (Å²) in [7, 11) is 0. The summed E-state index contributed by atoms with van der Waals surface area (Å²) in [6, 6.07) is 8.70. The van der Waals surface area contributed by atoms with E-state index in [2.05, 4.69) is 19.9 Å². The van der Waals surface area contributed by atoms with E-state index in [0.29, 0.717) is 27.4 Å². The molecule has 2 aromatic carbocycles. The Hall–Kier alpha value is -3.45. The van der Waals surface area contributed by atoms with Crippen molar-refractivity contribution in [2.45, 2.75) is 26.7 Å². The molecule has 4 aromatic rings. The molecule has 2 aromatic heterocycles. The van der Waals surface area contributed by atoms with Crippen LogP contribution in [0.5, 0.6) is 11.8 Å². The summed E-state index contributed by atoms with van der Waals surface area (Å²) < 4.78 is 5.74. The van der Waals surface area contributed by atoms with Gasteiger partial charge in [0.05, 0.1) is 21.6 Å². The lowest BCUT2D eigenvalue weighted by Crippen LogP contribution is -2.00. The van der Waals surface area contributed by atoms with Gasteiger partial charge in [0.1, 0.15) is 11.6 Å². The van der Waals surface area contributed by atoms with Crippen LogP contribution < -0.4 is 4.74 Å². The Kier molecular flexibility index (Phi) is 5.13. The van der Waals surface area contributed by atoms with E-state index in [4.69, 9.17) is 16.3 Å². The number of H-pyrrole nitrogens is 1. The van der Waals surface area contributed by atoms with Gasteiger partial charge in [0.15, 0.2) is 0 Å². The first-order chi connectivity index (χ1) is 14.3. The second-order valence-electron chi connectivity index (χ2n) is 7.26. The number of aryl methyl sites for hydroxylation is 1. The fourth-order valence-electron chi connectivity index (χ4n) is 3.06. The van der Waals surface area contributed by atoms with Crippen LogP contribution in [0.15, 0.2) is 42.7 Å². The third-order valence-corrected chi connectivity index (χ3v) is 5.01. The van der Waals surface area contributed by atoms with Gasteiger partial charge in [0.2, 0.25) is 0 Å². The maximum Gasteiger partial charge on any atom is 0.336 e. The lowest BCUT2D eigenvalue weighted by Gasteiger charge is -2.06. The number of nitrogens with zero attached hydrogens (tertiary/aromatic N) is 3. The van der Waals surface area contributed by atoms with Crippen LogP contribution in [-0.2, 0) is 0 Å². The maximum absolute atomic E-state index is 11.3. The molecule has 0 saturated carbocycles. The third kappa shape index (κ3) is 3.84. The molecule has 0 saturated heterocycles. The number of aromatic nitrogens is 4. The summed E-state index contributed by atoms with van der Waals surface area (Å²) in [5.74, 6) is 0.377. The zero-order valence-corrected chi connectivity index (χ0v) is 17.4. The van der Waals surface area contributed by atoms with Gasteiger partial charge in [-0.25, -0.2) is 14.8 Å². The summed E-state index contributed by atoms with van der Waals surface area (Å²) in [6.45, 7) is 5.80. The van der Waals surface area contributed by atoms with E-state index >= 15 is 0 Å². The Labute approximate surface area is 177 Å². The number of hydrogen-bond donors (Lipinski definition) is 2. The number of rotatable bonds is 5. The molecular weight excluding hydrogens is 404 g/mol. The molecule has 0 unspecified atom stereocenters. The number of hydrogen-bond acceptors (Lipinski definition) is 5. The second kappa shape index (κ2) is 7.76. The fourth-order valence-corrected chi connectivity index (χ4v) is 3.33. The molecule has 2 N–H and O–H groups in total. The van der Waals surface area contributed by atoms with Crippen molar-refractivity contribution in [1.29, 1.82) is 0 Å².